The van der Waals surface area contributed by atoms with Gasteiger partial charge in [0, 0.05) is 13.1 Å². The molecule has 0 bridgehead atoms. The van der Waals surface area contributed by atoms with Crippen molar-refractivity contribution in [2.75, 3.05) is 20.3 Å². The van der Waals surface area contributed by atoms with E-state index in [1.165, 1.54) is 17.0 Å². The monoisotopic (exact) mass is 255 g/mol. The topological polar surface area (TPSA) is 49.8 Å². The molecule has 0 aromatic heterocycles. The minimum Gasteiger partial charge on any atom is -0.493 e. The number of carbonyl (C=O) groups excluding carboxylic acids is 1. The molecule has 1 aromatic carbocycles. The van der Waals surface area contributed by atoms with E-state index in [2.05, 4.69) is 0 Å². The van der Waals surface area contributed by atoms with Crippen LogP contribution in [0, 0.1) is 5.82 Å². The standard InChI is InChI=1S/C13H18FNO3/c1-10(9-16)15(2)13(17)6-7-18-12-5-3-4-11(14)8-12/h3-5,8,10,16H,6-7,9H2,1-2H3. The number of likely N-dealkylation sites (N-methyl/N-ethyl adjacent to an activating group) is 1. The van der Waals surface area contributed by atoms with E-state index in [1.807, 2.05) is 0 Å². The summed E-state index contributed by atoms with van der Waals surface area (Å²) >= 11 is 0. The molecule has 1 rings (SSSR count). The highest BCUT2D eigenvalue weighted by Crippen LogP contribution is 2.12. The van der Waals surface area contributed by atoms with Gasteiger partial charge in [0.25, 0.3) is 0 Å². The number of halogens is 1. The quantitative estimate of drug-likeness (QED) is 0.836. The summed E-state index contributed by atoms with van der Waals surface area (Å²) in [5.74, 6) is -0.0848. The highest BCUT2D eigenvalue weighted by molar-refractivity contribution is 5.76. The number of benzene rings is 1. The van der Waals surface area contributed by atoms with Gasteiger partial charge in [0.2, 0.25) is 5.91 Å². The smallest absolute Gasteiger partial charge is 0.226 e. The number of nitrogens with zero attached hydrogens (tertiary/aromatic N) is 1. The molecule has 0 aliphatic carbocycles. The summed E-state index contributed by atoms with van der Waals surface area (Å²) in [6.07, 6.45) is 0.192. The Bertz CT molecular complexity index is 398. The van der Waals surface area contributed by atoms with Crippen LogP contribution >= 0.6 is 0 Å². The van der Waals surface area contributed by atoms with Crippen LogP contribution in [-0.2, 0) is 4.79 Å². The maximum atomic E-state index is 12.8. The van der Waals surface area contributed by atoms with Gasteiger partial charge in [-0.05, 0) is 19.1 Å². The second-order valence-electron chi connectivity index (χ2n) is 4.09. The van der Waals surface area contributed by atoms with Crippen LogP contribution in [0.3, 0.4) is 0 Å². The predicted molar refractivity (Wildman–Crippen MR) is 65.8 cm³/mol. The molecule has 0 heterocycles. The van der Waals surface area contributed by atoms with E-state index < -0.39 is 0 Å². The fourth-order valence-electron chi connectivity index (χ4n) is 1.36. The van der Waals surface area contributed by atoms with Gasteiger partial charge < -0.3 is 14.7 Å². The number of aliphatic hydroxyl groups is 1. The van der Waals surface area contributed by atoms with Gasteiger partial charge in [-0.1, -0.05) is 6.07 Å². The Labute approximate surface area is 106 Å². The average molecular weight is 255 g/mol. The van der Waals surface area contributed by atoms with Crippen molar-refractivity contribution in [2.24, 2.45) is 0 Å². The number of ether oxygens (including phenoxy) is 1. The molecule has 0 saturated carbocycles. The van der Waals surface area contributed by atoms with Gasteiger partial charge in [-0.3, -0.25) is 4.79 Å². The minimum absolute atomic E-state index is 0.0764. The summed E-state index contributed by atoms with van der Waals surface area (Å²) in [5.41, 5.74) is 0. The summed E-state index contributed by atoms with van der Waals surface area (Å²) in [6, 6.07) is 5.56. The second-order valence-corrected chi connectivity index (χ2v) is 4.09. The molecule has 4 nitrogen and oxygen atoms in total. The molecule has 100 valence electrons. The zero-order chi connectivity index (χ0) is 13.5. The first kappa shape index (κ1) is 14.4. The molecule has 0 spiro atoms. The first-order chi connectivity index (χ1) is 8.54. The van der Waals surface area contributed by atoms with Crippen molar-refractivity contribution in [1.82, 2.24) is 4.90 Å². The normalized spacial score (nSPS) is 12.0. The fraction of sp³-hybridized carbons (Fsp3) is 0.462. The first-order valence-corrected chi connectivity index (χ1v) is 5.79. The Morgan fingerprint density at radius 1 is 1.56 bits per heavy atom. The Kier molecular flexibility index (Phi) is 5.58. The second kappa shape index (κ2) is 6.96. The molecule has 0 aliphatic rings. The molecule has 1 aromatic rings. The van der Waals surface area contributed by atoms with Gasteiger partial charge in [-0.25, -0.2) is 4.39 Å². The molecular formula is C13H18FNO3. The van der Waals surface area contributed by atoms with Crippen molar-refractivity contribution >= 4 is 5.91 Å². The largest absolute Gasteiger partial charge is 0.493 e. The predicted octanol–water partition coefficient (Wildman–Crippen LogP) is 1.43. The Morgan fingerprint density at radius 2 is 2.28 bits per heavy atom. The lowest BCUT2D eigenvalue weighted by Crippen LogP contribution is -2.37. The zero-order valence-corrected chi connectivity index (χ0v) is 10.6. The van der Waals surface area contributed by atoms with Gasteiger partial charge in [0.05, 0.1) is 25.7 Å². The lowest BCUT2D eigenvalue weighted by molar-refractivity contribution is -0.132. The Balaban J connectivity index is 2.36. The maximum absolute atomic E-state index is 12.8. The van der Waals surface area contributed by atoms with Crippen molar-refractivity contribution in [2.45, 2.75) is 19.4 Å². The zero-order valence-electron chi connectivity index (χ0n) is 10.6. The minimum atomic E-state index is -0.371. The number of carbonyl (C=O) groups is 1. The molecule has 1 atom stereocenters. The van der Waals surface area contributed by atoms with E-state index in [9.17, 15) is 9.18 Å². The van der Waals surface area contributed by atoms with Crippen molar-refractivity contribution < 1.29 is 19.0 Å². The van der Waals surface area contributed by atoms with Crippen LogP contribution < -0.4 is 4.74 Å². The summed E-state index contributed by atoms with van der Waals surface area (Å²) < 4.78 is 18.1. The molecule has 0 saturated heterocycles. The van der Waals surface area contributed by atoms with Gasteiger partial charge in [-0.2, -0.15) is 0 Å². The van der Waals surface area contributed by atoms with Gasteiger partial charge in [0.1, 0.15) is 11.6 Å². The van der Waals surface area contributed by atoms with E-state index >= 15 is 0 Å². The molecule has 0 radical (unpaired) electrons. The van der Waals surface area contributed by atoms with Crippen LogP contribution in [0.5, 0.6) is 5.75 Å². The fourth-order valence-corrected chi connectivity index (χ4v) is 1.36. The summed E-state index contributed by atoms with van der Waals surface area (Å²) in [5, 5.41) is 8.92. The SMILES string of the molecule is CC(CO)N(C)C(=O)CCOc1cccc(F)c1. The lowest BCUT2D eigenvalue weighted by atomic mass is 10.3. The van der Waals surface area contributed by atoms with Crippen LogP contribution in [0.1, 0.15) is 13.3 Å². The highest BCUT2D eigenvalue weighted by Gasteiger charge is 2.14. The number of hydrogen-bond donors (Lipinski definition) is 1. The molecule has 0 aliphatic heterocycles. The van der Waals surface area contributed by atoms with Crippen molar-refractivity contribution in [3.05, 3.63) is 30.1 Å². The molecule has 18 heavy (non-hydrogen) atoms. The van der Waals surface area contributed by atoms with E-state index in [0.29, 0.717) is 5.75 Å². The summed E-state index contributed by atoms with van der Waals surface area (Å²) in [4.78, 5) is 13.1. The molecule has 1 unspecified atom stereocenters. The number of rotatable bonds is 6. The van der Waals surface area contributed by atoms with Crippen LogP contribution in [0.25, 0.3) is 0 Å². The number of hydrogen-bond acceptors (Lipinski definition) is 3. The van der Waals surface area contributed by atoms with E-state index in [1.54, 1.807) is 26.1 Å². The molecule has 5 heteroatoms. The van der Waals surface area contributed by atoms with Gasteiger partial charge in [-0.15, -0.1) is 0 Å². The van der Waals surface area contributed by atoms with E-state index in [0.717, 1.165) is 0 Å². The number of aliphatic hydroxyl groups excluding tert-OH is 1. The first-order valence-electron chi connectivity index (χ1n) is 5.79. The van der Waals surface area contributed by atoms with Crippen LogP contribution in [0.4, 0.5) is 4.39 Å². The molecule has 1 N–H and O–H groups in total. The van der Waals surface area contributed by atoms with Crippen LogP contribution in [0.15, 0.2) is 24.3 Å². The van der Waals surface area contributed by atoms with Gasteiger partial charge >= 0.3 is 0 Å². The van der Waals surface area contributed by atoms with Crippen LogP contribution in [-0.4, -0.2) is 42.2 Å². The van der Waals surface area contributed by atoms with Gasteiger partial charge in [0.15, 0.2) is 0 Å². The maximum Gasteiger partial charge on any atom is 0.226 e. The Hall–Kier alpha value is -1.62. The third-order valence-electron chi connectivity index (χ3n) is 2.70. The average Bonchev–Trinajstić information content (AvgIpc) is 2.36. The Morgan fingerprint density at radius 3 is 2.89 bits per heavy atom. The lowest BCUT2D eigenvalue weighted by Gasteiger charge is -2.23. The van der Waals surface area contributed by atoms with E-state index in [-0.39, 0.29) is 37.4 Å². The molecule has 1 amide bonds. The van der Waals surface area contributed by atoms with Crippen molar-refractivity contribution in [3.8, 4) is 5.75 Å². The summed E-state index contributed by atoms with van der Waals surface area (Å²) in [6.45, 7) is 1.86. The molecule has 0 fully saturated rings. The van der Waals surface area contributed by atoms with Crippen molar-refractivity contribution in [1.29, 1.82) is 0 Å². The third kappa shape index (κ3) is 4.33. The van der Waals surface area contributed by atoms with Crippen LogP contribution in [0.2, 0.25) is 0 Å². The number of amides is 1. The summed E-state index contributed by atoms with van der Waals surface area (Å²) in [7, 11) is 1.63. The van der Waals surface area contributed by atoms with Crippen molar-refractivity contribution in [3.63, 3.8) is 0 Å². The molecular weight excluding hydrogens is 237 g/mol. The highest BCUT2D eigenvalue weighted by atomic mass is 19.1. The third-order valence-corrected chi connectivity index (χ3v) is 2.70. The van der Waals surface area contributed by atoms with E-state index in [4.69, 9.17) is 9.84 Å².